The van der Waals surface area contributed by atoms with Gasteiger partial charge in [0.2, 0.25) is 7.37 Å². The zero-order chi connectivity index (χ0) is 12.8. The quantitative estimate of drug-likeness (QED) is 0.526. The third-order valence-electron chi connectivity index (χ3n) is 2.61. The Morgan fingerprint density at radius 3 is 2.44 bits per heavy atom. The van der Waals surface area contributed by atoms with Gasteiger partial charge in [-0.1, -0.05) is 20.8 Å². The smallest absolute Gasteiger partial charge is 0.309 e. The monoisotopic (exact) mass is 252 g/mol. The summed E-state index contributed by atoms with van der Waals surface area (Å²) in [4.78, 5) is 21.2. The molecule has 0 saturated carbocycles. The summed E-state index contributed by atoms with van der Waals surface area (Å²) in [7, 11) is -3.29. The standard InChI is InChI=1S/C10H21O5P/c1-4-7-16(13,14)9(3)8(2)10(12)15-6-5-11/h8-9,11H,4-7H2,1-3H3,(H,13,14). The molecule has 0 aromatic rings. The van der Waals surface area contributed by atoms with Gasteiger partial charge in [-0.25, -0.2) is 0 Å². The number of hydrogen-bond donors (Lipinski definition) is 2. The molecule has 96 valence electrons. The molecule has 5 nitrogen and oxygen atoms in total. The second kappa shape index (κ2) is 7.05. The van der Waals surface area contributed by atoms with Crippen molar-refractivity contribution in [1.82, 2.24) is 0 Å². The van der Waals surface area contributed by atoms with E-state index >= 15 is 0 Å². The maximum Gasteiger partial charge on any atom is 0.309 e. The summed E-state index contributed by atoms with van der Waals surface area (Å²) in [5.74, 6) is -1.17. The average molecular weight is 252 g/mol. The molecule has 0 amide bonds. The number of aliphatic hydroxyl groups excluding tert-OH is 1. The van der Waals surface area contributed by atoms with Crippen molar-refractivity contribution < 1.29 is 24.1 Å². The van der Waals surface area contributed by atoms with E-state index in [9.17, 15) is 14.3 Å². The van der Waals surface area contributed by atoms with E-state index in [0.717, 1.165) is 0 Å². The highest BCUT2D eigenvalue weighted by Crippen LogP contribution is 2.49. The molecule has 0 fully saturated rings. The largest absolute Gasteiger partial charge is 0.463 e. The van der Waals surface area contributed by atoms with Crippen LogP contribution in [0.2, 0.25) is 0 Å². The van der Waals surface area contributed by atoms with E-state index in [4.69, 9.17) is 9.84 Å². The molecule has 0 heterocycles. The van der Waals surface area contributed by atoms with Crippen molar-refractivity contribution >= 4 is 13.3 Å². The number of esters is 1. The molecule has 0 radical (unpaired) electrons. The Bertz CT molecular complexity index is 266. The Morgan fingerprint density at radius 2 is 2.00 bits per heavy atom. The molecule has 6 heteroatoms. The summed E-state index contributed by atoms with van der Waals surface area (Å²) in [5, 5.41) is 8.50. The van der Waals surface area contributed by atoms with Crippen LogP contribution in [-0.4, -0.2) is 41.0 Å². The van der Waals surface area contributed by atoms with Crippen LogP contribution >= 0.6 is 7.37 Å². The Hall–Kier alpha value is -0.380. The molecular formula is C10H21O5P. The molecule has 0 aliphatic heterocycles. The first-order chi connectivity index (χ1) is 7.36. The minimum absolute atomic E-state index is 0.0700. The van der Waals surface area contributed by atoms with Crippen LogP contribution in [0.5, 0.6) is 0 Å². The third kappa shape index (κ3) is 4.64. The van der Waals surface area contributed by atoms with E-state index in [2.05, 4.69) is 0 Å². The predicted molar refractivity (Wildman–Crippen MR) is 61.7 cm³/mol. The normalized spacial score (nSPS) is 18.6. The van der Waals surface area contributed by atoms with Crippen LogP contribution in [0.4, 0.5) is 0 Å². The van der Waals surface area contributed by atoms with Gasteiger partial charge in [0.1, 0.15) is 6.61 Å². The van der Waals surface area contributed by atoms with Gasteiger partial charge in [-0.15, -0.1) is 0 Å². The second-order valence-electron chi connectivity index (χ2n) is 3.90. The van der Waals surface area contributed by atoms with Crippen LogP contribution in [-0.2, 0) is 14.1 Å². The SMILES string of the molecule is CCCP(=O)(O)C(C)C(C)C(=O)OCCO. The van der Waals surface area contributed by atoms with Gasteiger partial charge in [-0.2, -0.15) is 0 Å². The second-order valence-corrected chi connectivity index (χ2v) is 6.67. The fourth-order valence-electron chi connectivity index (χ4n) is 1.35. The third-order valence-corrected chi connectivity index (χ3v) is 5.42. The van der Waals surface area contributed by atoms with Crippen molar-refractivity contribution in [2.45, 2.75) is 32.9 Å². The van der Waals surface area contributed by atoms with E-state index < -0.39 is 24.9 Å². The Kier molecular flexibility index (Phi) is 6.88. The van der Waals surface area contributed by atoms with E-state index in [1.54, 1.807) is 13.8 Å². The van der Waals surface area contributed by atoms with Gasteiger partial charge >= 0.3 is 5.97 Å². The van der Waals surface area contributed by atoms with Crippen LogP contribution in [0, 0.1) is 5.92 Å². The van der Waals surface area contributed by atoms with Crippen molar-refractivity contribution in [1.29, 1.82) is 0 Å². The summed E-state index contributed by atoms with van der Waals surface area (Å²) < 4.78 is 16.6. The van der Waals surface area contributed by atoms with Gasteiger partial charge in [0.15, 0.2) is 0 Å². The molecule has 0 rings (SSSR count). The van der Waals surface area contributed by atoms with Crippen molar-refractivity contribution in [2.75, 3.05) is 19.4 Å². The fraction of sp³-hybridized carbons (Fsp3) is 0.900. The first kappa shape index (κ1) is 15.6. The molecule has 3 atom stereocenters. The van der Waals surface area contributed by atoms with Crippen molar-refractivity contribution in [3.63, 3.8) is 0 Å². The highest BCUT2D eigenvalue weighted by Gasteiger charge is 2.34. The maximum absolute atomic E-state index is 11.8. The molecule has 3 unspecified atom stereocenters. The van der Waals surface area contributed by atoms with Gasteiger partial charge in [0.25, 0.3) is 0 Å². The number of ether oxygens (including phenoxy) is 1. The molecular weight excluding hydrogens is 231 g/mol. The van der Waals surface area contributed by atoms with Crippen LogP contribution in [0.15, 0.2) is 0 Å². The number of rotatable bonds is 7. The summed E-state index contributed by atoms with van der Waals surface area (Å²) in [5.41, 5.74) is -0.612. The fourth-order valence-corrected chi connectivity index (χ4v) is 3.22. The molecule has 0 aromatic heterocycles. The summed E-state index contributed by atoms with van der Waals surface area (Å²) in [6.07, 6.45) is 0.822. The van der Waals surface area contributed by atoms with E-state index in [1.807, 2.05) is 6.92 Å². The molecule has 0 bridgehead atoms. The van der Waals surface area contributed by atoms with Gasteiger partial charge in [0.05, 0.1) is 12.5 Å². The van der Waals surface area contributed by atoms with Crippen molar-refractivity contribution in [2.24, 2.45) is 5.92 Å². The average Bonchev–Trinajstić information content (AvgIpc) is 2.23. The highest BCUT2D eigenvalue weighted by atomic mass is 31.2. The highest BCUT2D eigenvalue weighted by molar-refractivity contribution is 7.58. The van der Waals surface area contributed by atoms with Gasteiger partial charge in [-0.05, 0) is 6.42 Å². The van der Waals surface area contributed by atoms with Crippen LogP contribution in [0.1, 0.15) is 27.2 Å². The summed E-state index contributed by atoms with van der Waals surface area (Å²) >= 11 is 0. The number of carbonyl (C=O) groups excluding carboxylic acids is 1. The molecule has 2 N–H and O–H groups in total. The molecule has 0 aliphatic carbocycles. The van der Waals surface area contributed by atoms with E-state index in [0.29, 0.717) is 6.42 Å². The van der Waals surface area contributed by atoms with Crippen LogP contribution in [0.3, 0.4) is 0 Å². The lowest BCUT2D eigenvalue weighted by Crippen LogP contribution is -2.27. The zero-order valence-corrected chi connectivity index (χ0v) is 10.9. The van der Waals surface area contributed by atoms with Crippen LogP contribution in [0.25, 0.3) is 0 Å². The minimum Gasteiger partial charge on any atom is -0.463 e. The predicted octanol–water partition coefficient (Wildman–Crippen LogP) is 1.23. The Labute approximate surface area is 96.3 Å². The summed E-state index contributed by atoms with van der Waals surface area (Å²) in [6.45, 7) is 4.67. The molecule has 0 spiro atoms. The lowest BCUT2D eigenvalue weighted by molar-refractivity contribution is -0.148. The first-order valence-electron chi connectivity index (χ1n) is 5.45. The van der Waals surface area contributed by atoms with Crippen molar-refractivity contribution in [3.8, 4) is 0 Å². The molecule has 0 aromatic carbocycles. The number of hydrogen-bond acceptors (Lipinski definition) is 4. The lowest BCUT2D eigenvalue weighted by atomic mass is 10.1. The lowest BCUT2D eigenvalue weighted by Gasteiger charge is -2.23. The minimum atomic E-state index is -3.29. The van der Waals surface area contributed by atoms with Gasteiger partial charge in [-0.3, -0.25) is 9.36 Å². The topological polar surface area (TPSA) is 83.8 Å². The van der Waals surface area contributed by atoms with E-state index in [-0.39, 0.29) is 19.4 Å². The first-order valence-corrected chi connectivity index (χ1v) is 7.37. The van der Waals surface area contributed by atoms with Gasteiger partial charge < -0.3 is 14.7 Å². The molecule has 0 aliphatic rings. The number of aliphatic hydroxyl groups is 1. The maximum atomic E-state index is 11.8. The Morgan fingerprint density at radius 1 is 1.44 bits per heavy atom. The molecule has 0 saturated heterocycles. The Balaban J connectivity index is 4.42. The van der Waals surface area contributed by atoms with Crippen LogP contribution < -0.4 is 0 Å². The van der Waals surface area contributed by atoms with Crippen molar-refractivity contribution in [3.05, 3.63) is 0 Å². The van der Waals surface area contributed by atoms with Gasteiger partial charge in [0, 0.05) is 11.8 Å². The molecule has 16 heavy (non-hydrogen) atoms. The van der Waals surface area contributed by atoms with E-state index in [1.165, 1.54) is 0 Å². The summed E-state index contributed by atoms with van der Waals surface area (Å²) in [6, 6.07) is 0. The number of carbonyl (C=O) groups is 1. The zero-order valence-electron chi connectivity index (χ0n) is 10.0.